The Balaban J connectivity index is 1.09. The van der Waals surface area contributed by atoms with Crippen LogP contribution in [0.15, 0.2) is 22.2 Å². The number of fused-ring (bicyclic) bond motifs is 2. The quantitative estimate of drug-likeness (QED) is 0.0835. The van der Waals surface area contributed by atoms with Crippen molar-refractivity contribution in [3.8, 4) is 0 Å². The summed E-state index contributed by atoms with van der Waals surface area (Å²) in [7, 11) is -4.89. The highest BCUT2D eigenvalue weighted by atomic mass is 31.2. The van der Waals surface area contributed by atoms with Crippen molar-refractivity contribution in [1.29, 1.82) is 0 Å². The van der Waals surface area contributed by atoms with Crippen LogP contribution in [0.3, 0.4) is 0 Å². The molecular formula is C20H25N10O12P. The fourth-order valence-corrected chi connectivity index (χ4v) is 5.57. The minimum absolute atomic E-state index is 0.0411. The molecule has 2 aliphatic rings. The molecular weight excluding hydrogens is 603 g/mol. The predicted molar refractivity (Wildman–Crippen MR) is 139 cm³/mol. The minimum atomic E-state index is -4.89. The third-order valence-corrected chi connectivity index (χ3v) is 7.88. The summed E-state index contributed by atoms with van der Waals surface area (Å²) in [5, 5.41) is 42.0. The Morgan fingerprint density at radius 3 is 1.58 bits per heavy atom. The highest BCUT2D eigenvalue weighted by molar-refractivity contribution is 7.47. The van der Waals surface area contributed by atoms with Gasteiger partial charge in [-0.15, -0.1) is 0 Å². The Kier molecular flexibility index (Phi) is 7.29. The van der Waals surface area contributed by atoms with E-state index >= 15 is 0 Å². The van der Waals surface area contributed by atoms with E-state index in [0.29, 0.717) is 0 Å². The number of ether oxygens (including phenoxy) is 2. The average molecular weight is 628 g/mol. The van der Waals surface area contributed by atoms with Gasteiger partial charge in [0.2, 0.25) is 11.9 Å². The number of hydrogen-bond donors (Lipinski definition) is 9. The van der Waals surface area contributed by atoms with Gasteiger partial charge in [-0.1, -0.05) is 0 Å². The largest absolute Gasteiger partial charge is 0.472 e. The molecule has 0 aromatic carbocycles. The molecule has 4 aromatic heterocycles. The SMILES string of the molecule is Nc1nc2c(ncn2[C@@H]2O[C@H](COP(=O)(O)OC[C@H]3O[C@@H](n4cnc5c(=O)[nH]c(N)nc54)C(O)C3O)C(O)C2O)c(=O)[nH]1. The Morgan fingerprint density at radius 1 is 0.791 bits per heavy atom. The average Bonchev–Trinajstić information content (AvgIpc) is 3.69. The summed E-state index contributed by atoms with van der Waals surface area (Å²) in [5.41, 5.74) is 9.58. The number of phosphoric acid groups is 1. The van der Waals surface area contributed by atoms with Crippen molar-refractivity contribution in [2.75, 3.05) is 24.7 Å². The van der Waals surface area contributed by atoms with Crippen molar-refractivity contribution < 1.29 is 48.4 Å². The summed E-state index contributed by atoms with van der Waals surface area (Å²) in [6.07, 6.45) is -9.46. The molecule has 0 aliphatic carbocycles. The van der Waals surface area contributed by atoms with Crippen LogP contribution in [0.2, 0.25) is 0 Å². The number of H-pyrrole nitrogens is 2. The summed E-state index contributed by atoms with van der Waals surface area (Å²) < 4.78 is 36.0. The maximum absolute atomic E-state index is 12.6. The molecule has 6 rings (SSSR count). The molecule has 6 heterocycles. The monoisotopic (exact) mass is 628 g/mol. The van der Waals surface area contributed by atoms with Crippen LogP contribution in [0.5, 0.6) is 0 Å². The summed E-state index contributed by atoms with van der Waals surface area (Å²) in [6.45, 7) is -1.49. The van der Waals surface area contributed by atoms with Gasteiger partial charge in [-0.2, -0.15) is 9.97 Å². The number of aromatic nitrogens is 8. The fourth-order valence-electron chi connectivity index (χ4n) is 4.82. The zero-order valence-corrected chi connectivity index (χ0v) is 22.5. The van der Waals surface area contributed by atoms with Gasteiger partial charge >= 0.3 is 7.82 Å². The fraction of sp³-hybridized carbons (Fsp3) is 0.500. The molecule has 8 atom stereocenters. The number of nitrogens with one attached hydrogen (secondary N) is 2. The van der Waals surface area contributed by atoms with E-state index in [9.17, 15) is 39.5 Å². The van der Waals surface area contributed by atoms with Crippen molar-refractivity contribution in [2.45, 2.75) is 49.1 Å². The molecule has 22 nitrogen and oxygen atoms in total. The highest BCUT2D eigenvalue weighted by Crippen LogP contribution is 2.45. The van der Waals surface area contributed by atoms with Crippen LogP contribution in [0.25, 0.3) is 22.3 Å². The van der Waals surface area contributed by atoms with Gasteiger partial charge in [-0.05, 0) is 0 Å². The molecule has 0 saturated carbocycles. The second-order valence-electron chi connectivity index (χ2n) is 9.70. The van der Waals surface area contributed by atoms with Gasteiger partial charge in [-0.3, -0.25) is 37.7 Å². The van der Waals surface area contributed by atoms with Crippen LogP contribution in [0.4, 0.5) is 11.9 Å². The van der Waals surface area contributed by atoms with Crippen LogP contribution in [-0.4, -0.2) is 114 Å². The van der Waals surface area contributed by atoms with Crippen LogP contribution < -0.4 is 22.6 Å². The van der Waals surface area contributed by atoms with Crippen molar-refractivity contribution in [3.63, 3.8) is 0 Å². The molecule has 0 radical (unpaired) electrons. The number of aliphatic hydroxyl groups excluding tert-OH is 4. The normalized spacial score (nSPS) is 30.8. The molecule has 0 spiro atoms. The summed E-state index contributed by atoms with van der Waals surface area (Å²) in [6, 6.07) is 0. The molecule has 2 saturated heterocycles. The topological polar surface area (TPSA) is 334 Å². The Hall–Kier alpha value is -3.83. The second-order valence-corrected chi connectivity index (χ2v) is 11.2. The lowest BCUT2D eigenvalue weighted by Gasteiger charge is -2.20. The van der Waals surface area contributed by atoms with E-state index in [0.717, 1.165) is 21.8 Å². The second kappa shape index (κ2) is 10.7. The van der Waals surface area contributed by atoms with Crippen molar-refractivity contribution >= 4 is 42.0 Å². The van der Waals surface area contributed by atoms with E-state index in [-0.39, 0.29) is 34.2 Å². The molecule has 0 bridgehead atoms. The number of imidazole rings is 2. The van der Waals surface area contributed by atoms with Crippen molar-refractivity contribution in [2.24, 2.45) is 0 Å². The zero-order chi connectivity index (χ0) is 30.8. The highest BCUT2D eigenvalue weighted by Gasteiger charge is 2.47. The first-order chi connectivity index (χ1) is 20.3. The minimum Gasteiger partial charge on any atom is -0.387 e. The van der Waals surface area contributed by atoms with Gasteiger partial charge in [0.1, 0.15) is 36.6 Å². The smallest absolute Gasteiger partial charge is 0.387 e. The Morgan fingerprint density at radius 2 is 1.19 bits per heavy atom. The van der Waals surface area contributed by atoms with Gasteiger partial charge in [0.15, 0.2) is 34.8 Å². The Labute approximate surface area is 237 Å². The standard InChI is InChI=1S/C20H25N10O12P/c21-19-25-13-7(15(35)27-19)23-3-29(13)17-11(33)9(31)5(41-17)1-39-43(37,38)40-2-6-10(32)12(34)18(42-6)30-4-24-8-14(30)26-20(22)28-16(8)36/h3-6,9-12,17-18,31-34H,1-2H2,(H,37,38)(H3,21,25,27,35)(H3,22,26,28,36)/t5-,6-,9?,10?,11?,12?,17-,18-/m1/s1. The van der Waals surface area contributed by atoms with Gasteiger partial charge < -0.3 is 46.3 Å². The van der Waals surface area contributed by atoms with E-state index in [4.69, 9.17) is 30.0 Å². The number of rotatable bonds is 8. The molecule has 232 valence electrons. The number of aliphatic hydroxyl groups is 4. The molecule has 2 aliphatic heterocycles. The molecule has 11 N–H and O–H groups in total. The maximum atomic E-state index is 12.6. The molecule has 2 fully saturated rings. The molecule has 43 heavy (non-hydrogen) atoms. The number of nitrogens with two attached hydrogens (primary N) is 2. The predicted octanol–water partition coefficient (Wildman–Crippen LogP) is -4.21. The first kappa shape index (κ1) is 29.3. The molecule has 4 aromatic rings. The third kappa shape index (κ3) is 5.18. The van der Waals surface area contributed by atoms with Crippen LogP contribution in [0.1, 0.15) is 12.5 Å². The number of hydrogen-bond acceptors (Lipinski definition) is 17. The number of aromatic amines is 2. The lowest BCUT2D eigenvalue weighted by molar-refractivity contribution is -0.0608. The number of phosphoric ester groups is 1. The van der Waals surface area contributed by atoms with E-state index in [1.807, 2.05) is 0 Å². The molecule has 0 amide bonds. The van der Waals surface area contributed by atoms with Crippen LogP contribution >= 0.6 is 7.82 Å². The van der Waals surface area contributed by atoms with E-state index < -0.39 is 81.2 Å². The molecule has 23 heteroatoms. The Bertz CT molecular complexity index is 1710. The van der Waals surface area contributed by atoms with E-state index in [1.54, 1.807) is 0 Å². The van der Waals surface area contributed by atoms with Gasteiger partial charge in [-0.25, -0.2) is 14.5 Å². The van der Waals surface area contributed by atoms with Gasteiger partial charge in [0, 0.05) is 0 Å². The van der Waals surface area contributed by atoms with Crippen LogP contribution in [-0.2, 0) is 23.1 Å². The van der Waals surface area contributed by atoms with Crippen LogP contribution in [0, 0.1) is 0 Å². The van der Waals surface area contributed by atoms with Crippen molar-refractivity contribution in [1.82, 2.24) is 39.0 Å². The summed E-state index contributed by atoms with van der Waals surface area (Å²) in [4.78, 5) is 54.6. The first-order valence-corrected chi connectivity index (χ1v) is 13.9. The number of nitrogen functional groups attached to an aromatic ring is 2. The van der Waals surface area contributed by atoms with Gasteiger partial charge in [0.25, 0.3) is 11.1 Å². The summed E-state index contributed by atoms with van der Waals surface area (Å²) >= 11 is 0. The number of anilines is 2. The lowest BCUT2D eigenvalue weighted by atomic mass is 10.1. The maximum Gasteiger partial charge on any atom is 0.472 e. The summed E-state index contributed by atoms with van der Waals surface area (Å²) in [5.74, 6) is -0.452. The molecule has 4 unspecified atom stereocenters. The van der Waals surface area contributed by atoms with E-state index in [1.165, 1.54) is 0 Å². The van der Waals surface area contributed by atoms with Crippen molar-refractivity contribution in [3.05, 3.63) is 33.4 Å². The first-order valence-electron chi connectivity index (χ1n) is 12.4. The zero-order valence-electron chi connectivity index (χ0n) is 21.6. The lowest BCUT2D eigenvalue weighted by Crippen LogP contribution is -2.34. The van der Waals surface area contributed by atoms with E-state index in [2.05, 4.69) is 29.9 Å². The number of nitrogens with zero attached hydrogens (tertiary/aromatic N) is 6. The van der Waals surface area contributed by atoms with Gasteiger partial charge in [0.05, 0.1) is 25.9 Å². The third-order valence-electron chi connectivity index (χ3n) is 6.93.